The monoisotopic (exact) mass is 194 g/mol. The van der Waals surface area contributed by atoms with Crippen LogP contribution in [0, 0.1) is 11.8 Å². The summed E-state index contributed by atoms with van der Waals surface area (Å²) in [7, 11) is 0. The van der Waals surface area contributed by atoms with E-state index in [1.54, 1.807) is 0 Å². The molecule has 0 N–H and O–H groups in total. The predicted octanol–water partition coefficient (Wildman–Crippen LogP) is 2.50. The summed E-state index contributed by atoms with van der Waals surface area (Å²) in [5, 5.41) is 0. The Hall–Kier alpha value is -0.780. The van der Waals surface area contributed by atoms with Crippen LogP contribution in [-0.4, -0.2) is 19.5 Å². The van der Waals surface area contributed by atoms with Crippen molar-refractivity contribution in [2.45, 2.75) is 38.9 Å². The zero-order valence-corrected chi connectivity index (χ0v) is 8.79. The summed E-state index contributed by atoms with van der Waals surface area (Å²) in [5.74, 6) is 5.97. The standard InChI is InChI=1S/C12H18O2/c1-2-3-4-5-7-10-13-12-9-6-8-11-14-12/h2-3,12H,4,6,8-11H2,1H3/b3-2+. The van der Waals surface area contributed by atoms with Gasteiger partial charge < -0.3 is 9.47 Å². The van der Waals surface area contributed by atoms with Crippen molar-refractivity contribution in [2.75, 3.05) is 13.2 Å². The van der Waals surface area contributed by atoms with Crippen LogP contribution >= 0.6 is 0 Å². The molecule has 1 rings (SSSR count). The van der Waals surface area contributed by atoms with E-state index >= 15 is 0 Å². The smallest absolute Gasteiger partial charge is 0.158 e. The molecule has 0 bridgehead atoms. The van der Waals surface area contributed by atoms with Crippen LogP contribution in [0.2, 0.25) is 0 Å². The largest absolute Gasteiger partial charge is 0.353 e. The average Bonchev–Trinajstić information content (AvgIpc) is 2.25. The van der Waals surface area contributed by atoms with Gasteiger partial charge in [-0.15, -0.1) is 0 Å². The second-order valence-corrected chi connectivity index (χ2v) is 3.23. The molecule has 1 unspecified atom stereocenters. The maximum absolute atomic E-state index is 5.44. The topological polar surface area (TPSA) is 18.5 Å². The van der Waals surface area contributed by atoms with Crippen molar-refractivity contribution >= 4 is 0 Å². The van der Waals surface area contributed by atoms with Crippen molar-refractivity contribution in [3.05, 3.63) is 12.2 Å². The Bertz CT molecular complexity index is 216. The van der Waals surface area contributed by atoms with Gasteiger partial charge in [-0.3, -0.25) is 0 Å². The van der Waals surface area contributed by atoms with Crippen molar-refractivity contribution in [1.29, 1.82) is 0 Å². The molecule has 0 radical (unpaired) electrons. The van der Waals surface area contributed by atoms with Crippen molar-refractivity contribution in [3.8, 4) is 11.8 Å². The number of ether oxygens (including phenoxy) is 2. The lowest BCUT2D eigenvalue weighted by atomic mass is 10.2. The Labute approximate surface area is 86.3 Å². The number of hydrogen-bond donors (Lipinski definition) is 0. The Morgan fingerprint density at radius 2 is 2.36 bits per heavy atom. The van der Waals surface area contributed by atoms with E-state index in [4.69, 9.17) is 9.47 Å². The van der Waals surface area contributed by atoms with E-state index in [-0.39, 0.29) is 6.29 Å². The molecule has 0 spiro atoms. The fourth-order valence-electron chi connectivity index (χ4n) is 1.28. The summed E-state index contributed by atoms with van der Waals surface area (Å²) >= 11 is 0. The normalized spacial score (nSPS) is 21.9. The molecule has 1 fully saturated rings. The summed E-state index contributed by atoms with van der Waals surface area (Å²) in [6.07, 6.45) is 8.20. The quantitative estimate of drug-likeness (QED) is 0.507. The van der Waals surface area contributed by atoms with E-state index in [9.17, 15) is 0 Å². The van der Waals surface area contributed by atoms with Gasteiger partial charge in [-0.2, -0.15) is 0 Å². The average molecular weight is 194 g/mol. The Balaban J connectivity index is 2.03. The van der Waals surface area contributed by atoms with E-state index in [0.717, 1.165) is 25.9 Å². The van der Waals surface area contributed by atoms with Gasteiger partial charge in [0.1, 0.15) is 6.61 Å². The molecule has 14 heavy (non-hydrogen) atoms. The fraction of sp³-hybridized carbons (Fsp3) is 0.667. The minimum absolute atomic E-state index is 0.0141. The lowest BCUT2D eigenvalue weighted by molar-refractivity contribution is -0.154. The van der Waals surface area contributed by atoms with Gasteiger partial charge in [0.05, 0.1) is 0 Å². The molecule has 2 nitrogen and oxygen atoms in total. The first kappa shape index (κ1) is 11.3. The predicted molar refractivity (Wildman–Crippen MR) is 56.8 cm³/mol. The molecule has 0 aromatic carbocycles. The molecule has 1 atom stereocenters. The van der Waals surface area contributed by atoms with Crippen LogP contribution in [0.1, 0.15) is 32.6 Å². The molecule has 0 aromatic heterocycles. The van der Waals surface area contributed by atoms with Gasteiger partial charge in [0, 0.05) is 13.0 Å². The first-order valence-electron chi connectivity index (χ1n) is 5.23. The fourth-order valence-corrected chi connectivity index (χ4v) is 1.28. The lowest BCUT2D eigenvalue weighted by Gasteiger charge is -2.21. The lowest BCUT2D eigenvalue weighted by Crippen LogP contribution is -2.22. The van der Waals surface area contributed by atoms with E-state index < -0.39 is 0 Å². The SMILES string of the molecule is C/C=C/CC#CCOC1CCCCO1. The highest BCUT2D eigenvalue weighted by Gasteiger charge is 2.12. The van der Waals surface area contributed by atoms with Crippen LogP contribution in [0.3, 0.4) is 0 Å². The summed E-state index contributed by atoms with van der Waals surface area (Å²) in [6, 6.07) is 0. The van der Waals surface area contributed by atoms with E-state index in [1.165, 1.54) is 6.42 Å². The summed E-state index contributed by atoms with van der Waals surface area (Å²) < 4.78 is 10.8. The molecule has 2 heteroatoms. The van der Waals surface area contributed by atoms with E-state index in [2.05, 4.69) is 11.8 Å². The van der Waals surface area contributed by atoms with E-state index in [1.807, 2.05) is 19.1 Å². The second-order valence-electron chi connectivity index (χ2n) is 3.23. The van der Waals surface area contributed by atoms with Crippen LogP contribution in [0.25, 0.3) is 0 Å². The summed E-state index contributed by atoms with van der Waals surface area (Å²) in [4.78, 5) is 0. The van der Waals surface area contributed by atoms with Crippen LogP contribution in [0.4, 0.5) is 0 Å². The number of hydrogen-bond acceptors (Lipinski definition) is 2. The molecule has 0 saturated carbocycles. The molecule has 1 saturated heterocycles. The van der Waals surface area contributed by atoms with Gasteiger partial charge in [-0.1, -0.05) is 24.0 Å². The summed E-state index contributed by atoms with van der Waals surface area (Å²) in [5.41, 5.74) is 0. The highest BCUT2D eigenvalue weighted by atomic mass is 16.7. The van der Waals surface area contributed by atoms with Crippen molar-refractivity contribution < 1.29 is 9.47 Å². The second kappa shape index (κ2) is 7.61. The van der Waals surface area contributed by atoms with Crippen LogP contribution in [0.5, 0.6) is 0 Å². The molecular formula is C12H18O2. The third-order valence-electron chi connectivity index (χ3n) is 2.06. The zero-order chi connectivity index (χ0) is 10.1. The zero-order valence-electron chi connectivity index (χ0n) is 8.79. The third kappa shape index (κ3) is 5.06. The van der Waals surface area contributed by atoms with Crippen molar-refractivity contribution in [1.82, 2.24) is 0 Å². The third-order valence-corrected chi connectivity index (χ3v) is 2.06. The van der Waals surface area contributed by atoms with E-state index in [0.29, 0.717) is 6.61 Å². The van der Waals surface area contributed by atoms with Crippen LogP contribution in [-0.2, 0) is 9.47 Å². The van der Waals surface area contributed by atoms with Gasteiger partial charge in [-0.05, 0) is 26.2 Å². The maximum atomic E-state index is 5.44. The first-order chi connectivity index (χ1) is 6.93. The Kier molecular flexibility index (Phi) is 6.14. The van der Waals surface area contributed by atoms with Gasteiger partial charge in [0.25, 0.3) is 0 Å². The molecule has 0 aromatic rings. The summed E-state index contributed by atoms with van der Waals surface area (Å²) in [6.45, 7) is 3.31. The molecule has 1 aliphatic rings. The first-order valence-corrected chi connectivity index (χ1v) is 5.23. The maximum Gasteiger partial charge on any atom is 0.158 e. The minimum atomic E-state index is -0.0141. The van der Waals surface area contributed by atoms with Gasteiger partial charge in [0.15, 0.2) is 6.29 Å². The van der Waals surface area contributed by atoms with Gasteiger partial charge >= 0.3 is 0 Å². The van der Waals surface area contributed by atoms with Gasteiger partial charge in [-0.25, -0.2) is 0 Å². The molecule has 78 valence electrons. The Morgan fingerprint density at radius 1 is 1.43 bits per heavy atom. The van der Waals surface area contributed by atoms with Crippen molar-refractivity contribution in [2.24, 2.45) is 0 Å². The minimum Gasteiger partial charge on any atom is -0.353 e. The highest BCUT2D eigenvalue weighted by Crippen LogP contribution is 2.12. The molecule has 1 heterocycles. The number of rotatable bonds is 3. The molecule has 0 aliphatic carbocycles. The highest BCUT2D eigenvalue weighted by molar-refractivity contribution is 5.04. The Morgan fingerprint density at radius 3 is 3.07 bits per heavy atom. The molecule has 0 amide bonds. The van der Waals surface area contributed by atoms with Crippen LogP contribution in [0.15, 0.2) is 12.2 Å². The number of allylic oxidation sites excluding steroid dienone is 2. The molecule has 1 aliphatic heterocycles. The van der Waals surface area contributed by atoms with Crippen LogP contribution < -0.4 is 0 Å². The van der Waals surface area contributed by atoms with Crippen molar-refractivity contribution in [3.63, 3.8) is 0 Å². The molecular weight excluding hydrogens is 176 g/mol. The van der Waals surface area contributed by atoms with Gasteiger partial charge in [0.2, 0.25) is 0 Å².